The number of carbonyl (C=O) groups excluding carboxylic acids is 3. The number of nitrogens with zero attached hydrogens (tertiary/aromatic N) is 1. The highest BCUT2D eigenvalue weighted by atomic mass is 16.5. The second-order valence-electron chi connectivity index (χ2n) is 8.95. The van der Waals surface area contributed by atoms with Gasteiger partial charge < -0.3 is 20.3 Å². The summed E-state index contributed by atoms with van der Waals surface area (Å²) in [5.74, 6) is -0.769. The van der Waals surface area contributed by atoms with E-state index < -0.39 is 6.04 Å². The van der Waals surface area contributed by atoms with Crippen molar-refractivity contribution in [3.8, 4) is 0 Å². The molecule has 3 fully saturated rings. The fraction of sp³-hybridized carbons (Fsp3) is 0.591. The van der Waals surface area contributed by atoms with Crippen LogP contribution in [0.25, 0.3) is 0 Å². The first-order valence-corrected chi connectivity index (χ1v) is 10.9. The number of piperidine rings is 2. The van der Waals surface area contributed by atoms with E-state index in [4.69, 9.17) is 4.74 Å². The van der Waals surface area contributed by atoms with E-state index >= 15 is 0 Å². The van der Waals surface area contributed by atoms with Crippen LogP contribution in [-0.4, -0.2) is 60.0 Å². The van der Waals surface area contributed by atoms with E-state index in [9.17, 15) is 14.4 Å². The maximum atomic E-state index is 13.0. The SMILES string of the molecule is O=C1CCC(N2Cc3ccc(CNC4COC5(CCCNC5)C4)cc3C2=O)C(=O)N1. The summed E-state index contributed by atoms with van der Waals surface area (Å²) in [6.07, 6.45) is 3.93. The van der Waals surface area contributed by atoms with Gasteiger partial charge in [0.05, 0.1) is 12.2 Å². The Bertz CT molecular complexity index is 880. The fourth-order valence-corrected chi connectivity index (χ4v) is 5.19. The summed E-state index contributed by atoms with van der Waals surface area (Å²) >= 11 is 0. The molecule has 3 saturated heterocycles. The number of fused-ring (bicyclic) bond motifs is 1. The minimum Gasteiger partial charge on any atom is -0.372 e. The van der Waals surface area contributed by atoms with Crippen LogP contribution >= 0.6 is 0 Å². The first-order chi connectivity index (χ1) is 14.5. The number of ether oxygens (including phenoxy) is 1. The van der Waals surface area contributed by atoms with Gasteiger partial charge >= 0.3 is 0 Å². The Morgan fingerprint density at radius 1 is 1.27 bits per heavy atom. The van der Waals surface area contributed by atoms with E-state index in [0.717, 1.165) is 50.1 Å². The summed E-state index contributed by atoms with van der Waals surface area (Å²) in [7, 11) is 0. The number of hydrogen-bond donors (Lipinski definition) is 3. The monoisotopic (exact) mass is 412 g/mol. The van der Waals surface area contributed by atoms with Crippen molar-refractivity contribution in [1.82, 2.24) is 20.9 Å². The van der Waals surface area contributed by atoms with Crippen LogP contribution in [0, 0.1) is 0 Å². The van der Waals surface area contributed by atoms with Crippen LogP contribution in [0.3, 0.4) is 0 Å². The van der Waals surface area contributed by atoms with Crippen LogP contribution in [-0.2, 0) is 27.4 Å². The molecule has 0 aliphatic carbocycles. The van der Waals surface area contributed by atoms with E-state index in [0.29, 0.717) is 31.1 Å². The molecule has 1 aromatic rings. The highest BCUT2D eigenvalue weighted by Crippen LogP contribution is 2.32. The van der Waals surface area contributed by atoms with Crippen molar-refractivity contribution in [3.05, 3.63) is 34.9 Å². The van der Waals surface area contributed by atoms with Gasteiger partial charge in [0.1, 0.15) is 6.04 Å². The maximum Gasteiger partial charge on any atom is 0.255 e. The Balaban J connectivity index is 1.21. The van der Waals surface area contributed by atoms with E-state index in [1.165, 1.54) is 0 Å². The van der Waals surface area contributed by atoms with E-state index in [2.05, 4.69) is 16.0 Å². The Labute approximate surface area is 175 Å². The van der Waals surface area contributed by atoms with Crippen LogP contribution in [0.15, 0.2) is 18.2 Å². The molecule has 4 aliphatic rings. The number of rotatable bonds is 4. The molecule has 3 amide bonds. The number of benzene rings is 1. The van der Waals surface area contributed by atoms with Crippen LogP contribution in [0.1, 0.15) is 53.6 Å². The van der Waals surface area contributed by atoms with Gasteiger partial charge in [-0.1, -0.05) is 12.1 Å². The second kappa shape index (κ2) is 7.76. The lowest BCUT2D eigenvalue weighted by Gasteiger charge is -2.33. The summed E-state index contributed by atoms with van der Waals surface area (Å²) in [5, 5.41) is 9.37. The summed E-state index contributed by atoms with van der Waals surface area (Å²) in [6, 6.07) is 5.70. The number of nitrogens with one attached hydrogen (secondary N) is 3. The van der Waals surface area contributed by atoms with Crippen molar-refractivity contribution in [2.75, 3.05) is 19.7 Å². The van der Waals surface area contributed by atoms with Crippen molar-refractivity contribution < 1.29 is 19.1 Å². The zero-order chi connectivity index (χ0) is 20.7. The molecule has 8 nitrogen and oxygen atoms in total. The van der Waals surface area contributed by atoms with Gasteiger partial charge in [-0.25, -0.2) is 0 Å². The molecule has 3 unspecified atom stereocenters. The second-order valence-corrected chi connectivity index (χ2v) is 8.95. The molecular weight excluding hydrogens is 384 g/mol. The van der Waals surface area contributed by atoms with Gasteiger partial charge in [0.15, 0.2) is 0 Å². The number of imide groups is 1. The van der Waals surface area contributed by atoms with Crippen LogP contribution in [0.5, 0.6) is 0 Å². The highest BCUT2D eigenvalue weighted by molar-refractivity contribution is 6.05. The molecule has 0 saturated carbocycles. The molecule has 160 valence electrons. The highest BCUT2D eigenvalue weighted by Gasteiger charge is 2.41. The molecule has 4 aliphatic heterocycles. The molecule has 0 bridgehead atoms. The zero-order valence-corrected chi connectivity index (χ0v) is 17.0. The van der Waals surface area contributed by atoms with Crippen molar-refractivity contribution in [3.63, 3.8) is 0 Å². The Kier molecular flexibility index (Phi) is 5.08. The number of amides is 3. The van der Waals surface area contributed by atoms with E-state index in [-0.39, 0.29) is 29.7 Å². The molecule has 0 aromatic heterocycles. The smallest absolute Gasteiger partial charge is 0.255 e. The molecule has 1 aromatic carbocycles. The van der Waals surface area contributed by atoms with Crippen LogP contribution < -0.4 is 16.0 Å². The third-order valence-electron chi connectivity index (χ3n) is 6.83. The maximum absolute atomic E-state index is 13.0. The van der Waals surface area contributed by atoms with Gasteiger partial charge in [-0.05, 0) is 49.4 Å². The normalized spacial score (nSPS) is 31.3. The number of hydrogen-bond acceptors (Lipinski definition) is 6. The fourth-order valence-electron chi connectivity index (χ4n) is 5.19. The lowest BCUT2D eigenvalue weighted by atomic mass is 9.90. The molecule has 0 radical (unpaired) electrons. The molecule has 1 spiro atoms. The lowest BCUT2D eigenvalue weighted by molar-refractivity contribution is -0.136. The van der Waals surface area contributed by atoms with Gasteiger partial charge in [0.25, 0.3) is 5.91 Å². The molecular formula is C22H28N4O4. The lowest BCUT2D eigenvalue weighted by Crippen LogP contribution is -2.52. The predicted octanol–water partition coefficient (Wildman–Crippen LogP) is 0.448. The summed E-state index contributed by atoms with van der Waals surface area (Å²) in [4.78, 5) is 38.1. The largest absolute Gasteiger partial charge is 0.372 e. The van der Waals surface area contributed by atoms with Gasteiger partial charge in [0.2, 0.25) is 11.8 Å². The van der Waals surface area contributed by atoms with Gasteiger partial charge in [-0.15, -0.1) is 0 Å². The average Bonchev–Trinajstić information content (AvgIpc) is 3.28. The molecule has 3 N–H and O–H groups in total. The van der Waals surface area contributed by atoms with Crippen molar-refractivity contribution in [2.45, 2.75) is 62.9 Å². The Hall–Kier alpha value is -2.29. The van der Waals surface area contributed by atoms with Crippen molar-refractivity contribution >= 4 is 17.7 Å². The molecule has 5 rings (SSSR count). The summed E-state index contributed by atoms with van der Waals surface area (Å²) in [5.41, 5.74) is 2.63. The topological polar surface area (TPSA) is 99.8 Å². The van der Waals surface area contributed by atoms with Gasteiger partial charge in [-0.2, -0.15) is 0 Å². The predicted molar refractivity (Wildman–Crippen MR) is 109 cm³/mol. The van der Waals surface area contributed by atoms with Gasteiger partial charge in [0, 0.05) is 37.7 Å². The standard InChI is InChI=1S/C22H28N4O4/c27-19-5-4-18(20(28)25-19)26-11-15-3-2-14(8-17(15)21(26)29)10-24-16-9-22(30-12-16)6-1-7-23-13-22/h2-3,8,16,18,23-24H,1,4-7,9-13H2,(H,25,27,28). The first kappa shape index (κ1) is 19.7. The van der Waals surface area contributed by atoms with Crippen molar-refractivity contribution in [2.24, 2.45) is 0 Å². The van der Waals surface area contributed by atoms with Crippen LogP contribution in [0.4, 0.5) is 0 Å². The minimum atomic E-state index is -0.569. The molecule has 8 heteroatoms. The van der Waals surface area contributed by atoms with Gasteiger partial charge in [-0.3, -0.25) is 19.7 Å². The molecule has 4 heterocycles. The Morgan fingerprint density at radius 3 is 2.97 bits per heavy atom. The molecule has 3 atom stereocenters. The summed E-state index contributed by atoms with van der Waals surface area (Å²) < 4.78 is 6.12. The first-order valence-electron chi connectivity index (χ1n) is 10.9. The van der Waals surface area contributed by atoms with Crippen molar-refractivity contribution in [1.29, 1.82) is 0 Å². The van der Waals surface area contributed by atoms with E-state index in [1.807, 2.05) is 18.2 Å². The van der Waals surface area contributed by atoms with E-state index in [1.54, 1.807) is 4.90 Å². The molecule has 30 heavy (non-hydrogen) atoms. The third kappa shape index (κ3) is 3.64. The minimum absolute atomic E-state index is 0.0216. The number of carbonyl (C=O) groups is 3. The average molecular weight is 412 g/mol. The summed E-state index contributed by atoms with van der Waals surface area (Å²) in [6.45, 7) is 3.81. The Morgan fingerprint density at radius 2 is 2.17 bits per heavy atom. The third-order valence-corrected chi connectivity index (χ3v) is 6.83. The quantitative estimate of drug-likeness (QED) is 0.621. The van der Waals surface area contributed by atoms with Crippen LogP contribution in [0.2, 0.25) is 0 Å². The zero-order valence-electron chi connectivity index (χ0n) is 17.0.